The van der Waals surface area contributed by atoms with Gasteiger partial charge in [0.25, 0.3) is 5.56 Å². The molecule has 3 heterocycles. The Morgan fingerprint density at radius 3 is 3.12 bits per heavy atom. The fraction of sp³-hybridized carbons (Fsp3) is 0.333. The van der Waals surface area contributed by atoms with Crippen molar-refractivity contribution in [2.45, 2.75) is 12.6 Å². The van der Waals surface area contributed by atoms with Gasteiger partial charge in [0, 0.05) is 18.8 Å². The molecule has 0 bridgehead atoms. The Balaban J connectivity index is 1.86. The number of nitrogens with zero attached hydrogens (tertiary/aromatic N) is 2. The summed E-state index contributed by atoms with van der Waals surface area (Å²) in [4.78, 5) is 16.2. The molecule has 1 fully saturated rings. The van der Waals surface area contributed by atoms with Gasteiger partial charge in [0.2, 0.25) is 0 Å². The van der Waals surface area contributed by atoms with Crippen LogP contribution in [0.25, 0.3) is 5.65 Å². The Morgan fingerprint density at radius 1 is 1.47 bits per heavy atom. The SMILES string of the molecule is O=c1cc(CNC2COC2)nc2ccccn12. The van der Waals surface area contributed by atoms with Crippen LogP contribution in [0.2, 0.25) is 0 Å². The van der Waals surface area contributed by atoms with E-state index in [9.17, 15) is 4.79 Å². The number of nitrogens with one attached hydrogen (secondary N) is 1. The minimum atomic E-state index is -0.0442. The lowest BCUT2D eigenvalue weighted by Crippen LogP contribution is -2.45. The Bertz CT molecular complexity index is 590. The van der Waals surface area contributed by atoms with Crippen molar-refractivity contribution in [2.24, 2.45) is 0 Å². The van der Waals surface area contributed by atoms with Crippen molar-refractivity contribution in [3.8, 4) is 0 Å². The molecule has 88 valence electrons. The number of rotatable bonds is 3. The van der Waals surface area contributed by atoms with Gasteiger partial charge in [-0.15, -0.1) is 0 Å². The summed E-state index contributed by atoms with van der Waals surface area (Å²) in [5.74, 6) is 0. The highest BCUT2D eigenvalue weighted by molar-refractivity contribution is 5.37. The maximum atomic E-state index is 11.8. The lowest BCUT2D eigenvalue weighted by atomic mass is 10.2. The molecular formula is C12H13N3O2. The highest BCUT2D eigenvalue weighted by Gasteiger charge is 2.17. The Morgan fingerprint density at radius 2 is 2.35 bits per heavy atom. The molecule has 0 spiro atoms. The zero-order valence-electron chi connectivity index (χ0n) is 9.30. The summed E-state index contributed by atoms with van der Waals surface area (Å²) in [6, 6.07) is 7.49. The van der Waals surface area contributed by atoms with Crippen molar-refractivity contribution in [1.29, 1.82) is 0 Å². The van der Waals surface area contributed by atoms with Gasteiger partial charge < -0.3 is 10.1 Å². The molecule has 0 aliphatic carbocycles. The van der Waals surface area contributed by atoms with Crippen LogP contribution in [-0.4, -0.2) is 28.6 Å². The number of hydrogen-bond donors (Lipinski definition) is 1. The van der Waals surface area contributed by atoms with Crippen molar-refractivity contribution in [1.82, 2.24) is 14.7 Å². The zero-order chi connectivity index (χ0) is 11.7. The molecule has 0 unspecified atom stereocenters. The number of fused-ring (bicyclic) bond motifs is 1. The molecule has 5 heteroatoms. The van der Waals surface area contributed by atoms with E-state index in [4.69, 9.17) is 4.74 Å². The average Bonchev–Trinajstić information content (AvgIpc) is 2.27. The lowest BCUT2D eigenvalue weighted by Gasteiger charge is -2.26. The van der Waals surface area contributed by atoms with Crippen molar-refractivity contribution in [3.05, 3.63) is 46.5 Å². The maximum Gasteiger partial charge on any atom is 0.258 e. The van der Waals surface area contributed by atoms with Crippen LogP contribution in [-0.2, 0) is 11.3 Å². The van der Waals surface area contributed by atoms with Crippen molar-refractivity contribution in [3.63, 3.8) is 0 Å². The van der Waals surface area contributed by atoms with Crippen LogP contribution >= 0.6 is 0 Å². The minimum absolute atomic E-state index is 0.0442. The summed E-state index contributed by atoms with van der Waals surface area (Å²) in [7, 11) is 0. The molecule has 17 heavy (non-hydrogen) atoms. The molecule has 0 amide bonds. The predicted octanol–water partition coefficient (Wildman–Crippen LogP) is 0.183. The molecule has 2 aromatic rings. The van der Waals surface area contributed by atoms with Crippen LogP contribution in [0.5, 0.6) is 0 Å². The molecule has 0 radical (unpaired) electrons. The van der Waals surface area contributed by atoms with Gasteiger partial charge in [-0.1, -0.05) is 6.07 Å². The largest absolute Gasteiger partial charge is 0.378 e. The number of aromatic nitrogens is 2. The molecule has 1 aliphatic rings. The molecule has 0 atom stereocenters. The Labute approximate surface area is 98.1 Å². The van der Waals surface area contributed by atoms with Gasteiger partial charge >= 0.3 is 0 Å². The van der Waals surface area contributed by atoms with Crippen LogP contribution in [0, 0.1) is 0 Å². The molecule has 5 nitrogen and oxygen atoms in total. The van der Waals surface area contributed by atoms with Crippen LogP contribution in [0.15, 0.2) is 35.3 Å². The van der Waals surface area contributed by atoms with E-state index in [0.29, 0.717) is 18.2 Å². The van der Waals surface area contributed by atoms with E-state index in [0.717, 1.165) is 18.9 Å². The summed E-state index contributed by atoms with van der Waals surface area (Å²) < 4.78 is 6.61. The molecule has 1 aliphatic heterocycles. The number of ether oxygens (including phenoxy) is 1. The Kier molecular flexibility index (Phi) is 2.62. The van der Waals surface area contributed by atoms with Crippen LogP contribution < -0.4 is 10.9 Å². The topological polar surface area (TPSA) is 55.6 Å². The quantitative estimate of drug-likeness (QED) is 0.819. The van der Waals surface area contributed by atoms with Crippen molar-refractivity contribution >= 4 is 5.65 Å². The van der Waals surface area contributed by atoms with Gasteiger partial charge in [-0.2, -0.15) is 0 Å². The molecule has 3 rings (SSSR count). The van der Waals surface area contributed by atoms with Crippen LogP contribution in [0.3, 0.4) is 0 Å². The van der Waals surface area contributed by atoms with Gasteiger partial charge in [-0.3, -0.25) is 9.20 Å². The van der Waals surface area contributed by atoms with Gasteiger partial charge in [0.1, 0.15) is 5.65 Å². The first-order valence-electron chi connectivity index (χ1n) is 5.61. The predicted molar refractivity (Wildman–Crippen MR) is 62.9 cm³/mol. The van der Waals surface area contributed by atoms with Gasteiger partial charge in [-0.25, -0.2) is 4.98 Å². The lowest BCUT2D eigenvalue weighted by molar-refractivity contribution is -0.00590. The smallest absolute Gasteiger partial charge is 0.258 e. The fourth-order valence-electron chi connectivity index (χ4n) is 1.80. The van der Waals surface area contributed by atoms with Gasteiger partial charge in [-0.05, 0) is 12.1 Å². The molecule has 0 aromatic carbocycles. The maximum absolute atomic E-state index is 11.8. The molecule has 0 saturated carbocycles. The first-order chi connectivity index (χ1) is 8.33. The van der Waals surface area contributed by atoms with E-state index in [1.807, 2.05) is 18.2 Å². The molecule has 2 aromatic heterocycles. The summed E-state index contributed by atoms with van der Waals surface area (Å²) in [6.45, 7) is 2.09. The second-order valence-corrected chi connectivity index (χ2v) is 4.13. The van der Waals surface area contributed by atoms with E-state index in [2.05, 4.69) is 10.3 Å². The summed E-state index contributed by atoms with van der Waals surface area (Å²) in [5.41, 5.74) is 1.41. The van der Waals surface area contributed by atoms with Gasteiger partial charge in [0.05, 0.1) is 24.9 Å². The van der Waals surface area contributed by atoms with Gasteiger partial charge in [0.15, 0.2) is 0 Å². The highest BCUT2D eigenvalue weighted by atomic mass is 16.5. The summed E-state index contributed by atoms with van der Waals surface area (Å²) in [5, 5.41) is 3.29. The second kappa shape index (κ2) is 4.27. The minimum Gasteiger partial charge on any atom is -0.378 e. The van der Waals surface area contributed by atoms with Crippen molar-refractivity contribution in [2.75, 3.05) is 13.2 Å². The normalized spacial score (nSPS) is 16.0. The number of pyridine rings is 1. The van der Waals surface area contributed by atoms with E-state index in [1.54, 1.807) is 12.3 Å². The second-order valence-electron chi connectivity index (χ2n) is 4.13. The first-order valence-corrected chi connectivity index (χ1v) is 5.61. The molecule has 1 saturated heterocycles. The van der Waals surface area contributed by atoms with E-state index in [1.165, 1.54) is 4.40 Å². The summed E-state index contributed by atoms with van der Waals surface area (Å²) in [6.07, 6.45) is 1.72. The molecular weight excluding hydrogens is 218 g/mol. The third kappa shape index (κ3) is 2.07. The van der Waals surface area contributed by atoms with E-state index < -0.39 is 0 Å². The standard InChI is InChI=1S/C12H13N3O2/c16-12-5-9(6-13-10-7-17-8-10)14-11-3-1-2-4-15(11)12/h1-5,10,13H,6-8H2. The summed E-state index contributed by atoms with van der Waals surface area (Å²) >= 11 is 0. The van der Waals surface area contributed by atoms with E-state index >= 15 is 0 Å². The highest BCUT2D eigenvalue weighted by Crippen LogP contribution is 2.02. The third-order valence-electron chi connectivity index (χ3n) is 2.83. The Hall–Kier alpha value is -1.72. The van der Waals surface area contributed by atoms with Crippen LogP contribution in [0.1, 0.15) is 5.69 Å². The van der Waals surface area contributed by atoms with E-state index in [-0.39, 0.29) is 5.56 Å². The van der Waals surface area contributed by atoms with Crippen molar-refractivity contribution < 1.29 is 4.74 Å². The third-order valence-corrected chi connectivity index (χ3v) is 2.83. The van der Waals surface area contributed by atoms with Crippen LogP contribution in [0.4, 0.5) is 0 Å². The fourth-order valence-corrected chi connectivity index (χ4v) is 1.80. The number of hydrogen-bond acceptors (Lipinski definition) is 4. The molecule has 1 N–H and O–H groups in total. The average molecular weight is 231 g/mol. The zero-order valence-corrected chi connectivity index (χ0v) is 9.30. The first kappa shape index (κ1) is 10.4. The monoisotopic (exact) mass is 231 g/mol.